The first kappa shape index (κ1) is 14.0. The number of hydrogen-bond acceptors (Lipinski definition) is 3. The molecule has 0 amide bonds. The molecule has 4 heteroatoms. The number of nitrogens with zero attached hydrogens (tertiary/aromatic N) is 2. The molecule has 0 aromatic heterocycles. The molecule has 1 saturated heterocycles. The molecule has 0 radical (unpaired) electrons. The largest absolute Gasteiger partial charge is 0.327 e. The molecular weight excluding hydrogens is 241 g/mol. The SMILES string of the molecule is CC(N)C1CCCCN1Cc1ccc(F)c(C#N)c1. The molecule has 1 aromatic rings. The van der Waals surface area contributed by atoms with E-state index in [1.807, 2.05) is 13.0 Å². The van der Waals surface area contributed by atoms with E-state index in [4.69, 9.17) is 11.0 Å². The summed E-state index contributed by atoms with van der Waals surface area (Å²) in [5.41, 5.74) is 7.13. The Balaban J connectivity index is 2.13. The molecule has 1 heterocycles. The Morgan fingerprint density at radius 2 is 2.32 bits per heavy atom. The molecule has 1 aliphatic rings. The molecule has 1 aromatic carbocycles. The second kappa shape index (κ2) is 6.14. The van der Waals surface area contributed by atoms with Gasteiger partial charge in [-0.05, 0) is 44.0 Å². The van der Waals surface area contributed by atoms with Gasteiger partial charge >= 0.3 is 0 Å². The zero-order valence-corrected chi connectivity index (χ0v) is 11.3. The summed E-state index contributed by atoms with van der Waals surface area (Å²) in [4.78, 5) is 2.35. The predicted molar refractivity (Wildman–Crippen MR) is 72.8 cm³/mol. The van der Waals surface area contributed by atoms with Gasteiger partial charge in [-0.2, -0.15) is 5.26 Å². The summed E-state index contributed by atoms with van der Waals surface area (Å²) in [6, 6.07) is 7.17. The Bertz CT molecular complexity index is 479. The van der Waals surface area contributed by atoms with Crippen LogP contribution < -0.4 is 5.73 Å². The van der Waals surface area contributed by atoms with Crippen LogP contribution in [0, 0.1) is 17.1 Å². The summed E-state index contributed by atoms with van der Waals surface area (Å²) in [6.45, 7) is 3.79. The minimum absolute atomic E-state index is 0.117. The topological polar surface area (TPSA) is 53.0 Å². The van der Waals surface area contributed by atoms with Crippen molar-refractivity contribution in [3.8, 4) is 6.07 Å². The summed E-state index contributed by atoms with van der Waals surface area (Å²) in [7, 11) is 0. The molecule has 19 heavy (non-hydrogen) atoms. The normalized spacial score (nSPS) is 21.9. The third-order valence-corrected chi connectivity index (χ3v) is 3.81. The maximum atomic E-state index is 13.3. The Kier molecular flexibility index (Phi) is 4.52. The number of likely N-dealkylation sites (tertiary alicyclic amines) is 1. The summed E-state index contributed by atoms with van der Waals surface area (Å²) < 4.78 is 13.3. The van der Waals surface area contributed by atoms with E-state index in [0.717, 1.165) is 25.1 Å². The van der Waals surface area contributed by atoms with Crippen LogP contribution in [0.4, 0.5) is 4.39 Å². The molecule has 1 aliphatic heterocycles. The van der Waals surface area contributed by atoms with Crippen LogP contribution >= 0.6 is 0 Å². The highest BCUT2D eigenvalue weighted by molar-refractivity contribution is 5.34. The van der Waals surface area contributed by atoms with E-state index in [1.54, 1.807) is 12.1 Å². The van der Waals surface area contributed by atoms with Gasteiger partial charge in [0, 0.05) is 18.6 Å². The Labute approximate surface area is 113 Å². The van der Waals surface area contributed by atoms with Crippen molar-refractivity contribution in [2.24, 2.45) is 5.73 Å². The quantitative estimate of drug-likeness (QED) is 0.909. The number of nitriles is 1. The van der Waals surface area contributed by atoms with Crippen LogP contribution in [0.15, 0.2) is 18.2 Å². The van der Waals surface area contributed by atoms with Gasteiger partial charge in [0.25, 0.3) is 0 Å². The van der Waals surface area contributed by atoms with Crippen molar-refractivity contribution >= 4 is 0 Å². The molecular formula is C15H20FN3. The average Bonchev–Trinajstić information content (AvgIpc) is 2.41. The lowest BCUT2D eigenvalue weighted by Gasteiger charge is -2.38. The van der Waals surface area contributed by atoms with Crippen molar-refractivity contribution in [2.75, 3.05) is 6.54 Å². The van der Waals surface area contributed by atoms with Crippen LogP contribution in [0.25, 0.3) is 0 Å². The van der Waals surface area contributed by atoms with E-state index in [1.165, 1.54) is 18.9 Å². The van der Waals surface area contributed by atoms with Crippen LogP contribution in [0.2, 0.25) is 0 Å². The second-order valence-corrected chi connectivity index (χ2v) is 5.32. The van der Waals surface area contributed by atoms with Gasteiger partial charge in [-0.1, -0.05) is 12.5 Å². The van der Waals surface area contributed by atoms with Crippen molar-refractivity contribution in [1.82, 2.24) is 4.90 Å². The first-order valence-corrected chi connectivity index (χ1v) is 6.80. The van der Waals surface area contributed by atoms with Gasteiger partial charge in [0.15, 0.2) is 0 Å². The maximum absolute atomic E-state index is 13.3. The highest BCUT2D eigenvalue weighted by Gasteiger charge is 2.25. The van der Waals surface area contributed by atoms with Crippen LogP contribution in [0.1, 0.15) is 37.3 Å². The van der Waals surface area contributed by atoms with Crippen LogP contribution in [-0.4, -0.2) is 23.5 Å². The zero-order valence-electron chi connectivity index (χ0n) is 11.3. The van der Waals surface area contributed by atoms with E-state index in [2.05, 4.69) is 4.90 Å². The van der Waals surface area contributed by atoms with Crippen molar-refractivity contribution in [1.29, 1.82) is 5.26 Å². The Hall–Kier alpha value is -1.44. The molecule has 1 fully saturated rings. The van der Waals surface area contributed by atoms with Crippen molar-refractivity contribution in [2.45, 2.75) is 44.8 Å². The fourth-order valence-corrected chi connectivity index (χ4v) is 2.80. The van der Waals surface area contributed by atoms with Crippen LogP contribution in [-0.2, 0) is 6.54 Å². The van der Waals surface area contributed by atoms with Crippen molar-refractivity contribution in [3.05, 3.63) is 35.1 Å². The maximum Gasteiger partial charge on any atom is 0.140 e. The molecule has 2 atom stereocenters. The van der Waals surface area contributed by atoms with Crippen molar-refractivity contribution < 1.29 is 4.39 Å². The minimum atomic E-state index is -0.450. The average molecular weight is 261 g/mol. The summed E-state index contributed by atoms with van der Waals surface area (Å²) in [5, 5.41) is 8.87. The Morgan fingerprint density at radius 1 is 1.53 bits per heavy atom. The highest BCUT2D eigenvalue weighted by Crippen LogP contribution is 2.22. The number of benzene rings is 1. The lowest BCUT2D eigenvalue weighted by molar-refractivity contribution is 0.123. The van der Waals surface area contributed by atoms with E-state index >= 15 is 0 Å². The lowest BCUT2D eigenvalue weighted by atomic mass is 9.96. The first-order valence-electron chi connectivity index (χ1n) is 6.80. The molecule has 2 N–H and O–H groups in total. The Morgan fingerprint density at radius 3 is 3.00 bits per heavy atom. The lowest BCUT2D eigenvalue weighted by Crippen LogP contribution is -2.48. The summed E-state index contributed by atoms with van der Waals surface area (Å²) >= 11 is 0. The van der Waals surface area contributed by atoms with Crippen LogP contribution in [0.5, 0.6) is 0 Å². The van der Waals surface area contributed by atoms with E-state index in [9.17, 15) is 4.39 Å². The van der Waals surface area contributed by atoms with Gasteiger partial charge in [-0.15, -0.1) is 0 Å². The summed E-state index contributed by atoms with van der Waals surface area (Å²) in [5.74, 6) is -0.450. The molecule has 0 spiro atoms. The smallest absolute Gasteiger partial charge is 0.140 e. The molecule has 0 aliphatic carbocycles. The molecule has 0 saturated carbocycles. The fraction of sp³-hybridized carbons (Fsp3) is 0.533. The number of rotatable bonds is 3. The molecule has 0 bridgehead atoms. The van der Waals surface area contributed by atoms with Gasteiger partial charge in [-0.25, -0.2) is 4.39 Å². The highest BCUT2D eigenvalue weighted by atomic mass is 19.1. The molecule has 3 nitrogen and oxygen atoms in total. The summed E-state index contributed by atoms with van der Waals surface area (Å²) in [6.07, 6.45) is 3.51. The third kappa shape index (κ3) is 3.31. The fourth-order valence-electron chi connectivity index (χ4n) is 2.80. The second-order valence-electron chi connectivity index (χ2n) is 5.32. The monoisotopic (exact) mass is 261 g/mol. The molecule has 2 rings (SSSR count). The van der Waals surface area contributed by atoms with Gasteiger partial charge in [0.1, 0.15) is 11.9 Å². The molecule has 2 unspecified atom stereocenters. The van der Waals surface area contributed by atoms with Gasteiger partial charge in [-0.3, -0.25) is 4.90 Å². The van der Waals surface area contributed by atoms with E-state index < -0.39 is 5.82 Å². The van der Waals surface area contributed by atoms with E-state index in [0.29, 0.717) is 6.04 Å². The van der Waals surface area contributed by atoms with Crippen LogP contribution in [0.3, 0.4) is 0 Å². The standard InChI is InChI=1S/C15H20FN3/c1-11(18)15-4-2-3-7-19(15)10-12-5-6-14(16)13(8-12)9-17/h5-6,8,11,15H,2-4,7,10,18H2,1H3. The number of piperidine rings is 1. The number of nitrogens with two attached hydrogens (primary N) is 1. The van der Waals surface area contributed by atoms with Gasteiger partial charge in [0.05, 0.1) is 5.56 Å². The third-order valence-electron chi connectivity index (χ3n) is 3.81. The van der Waals surface area contributed by atoms with Gasteiger partial charge < -0.3 is 5.73 Å². The van der Waals surface area contributed by atoms with Crippen molar-refractivity contribution in [3.63, 3.8) is 0 Å². The zero-order chi connectivity index (χ0) is 13.8. The first-order chi connectivity index (χ1) is 9.11. The van der Waals surface area contributed by atoms with E-state index in [-0.39, 0.29) is 11.6 Å². The minimum Gasteiger partial charge on any atom is -0.327 e. The number of halogens is 1. The predicted octanol–water partition coefficient (Wildman–Crippen LogP) is 2.40. The van der Waals surface area contributed by atoms with Gasteiger partial charge in [0.2, 0.25) is 0 Å². The molecule has 102 valence electrons. The number of hydrogen-bond donors (Lipinski definition) is 1.